The van der Waals surface area contributed by atoms with Crippen LogP contribution in [0.3, 0.4) is 0 Å². The highest BCUT2D eigenvalue weighted by atomic mass is 16.5. The van der Waals surface area contributed by atoms with E-state index >= 15 is 0 Å². The van der Waals surface area contributed by atoms with Gasteiger partial charge in [0.2, 0.25) is 5.91 Å². The van der Waals surface area contributed by atoms with Crippen molar-refractivity contribution < 1.29 is 14.3 Å². The van der Waals surface area contributed by atoms with Crippen LogP contribution < -0.4 is 11.1 Å². The summed E-state index contributed by atoms with van der Waals surface area (Å²) in [6, 6.07) is -0.605. The van der Waals surface area contributed by atoms with E-state index in [1.807, 2.05) is 13.8 Å². The standard InChI is InChI=1S/C8H16N2O3.C2H6/c1-5(2)13-7(11)4-10-8(12)6(3)9;1-2/h5-6H,4,9H2,1-3H3,(H,10,12);1-2H3/t6-;/m0./s1. The molecule has 1 atom stereocenters. The van der Waals surface area contributed by atoms with Crippen LogP contribution in [0.5, 0.6) is 0 Å². The molecule has 0 bridgehead atoms. The Kier molecular flexibility index (Phi) is 10.3. The number of carbonyl (C=O) groups excluding carboxylic acids is 2. The van der Waals surface area contributed by atoms with Gasteiger partial charge in [0.15, 0.2) is 0 Å². The molecule has 0 aromatic heterocycles. The Bertz CT molecular complexity index is 191. The summed E-state index contributed by atoms with van der Waals surface area (Å²) in [6.07, 6.45) is -0.167. The topological polar surface area (TPSA) is 81.4 Å². The molecule has 0 aromatic rings. The van der Waals surface area contributed by atoms with E-state index in [2.05, 4.69) is 5.32 Å². The molecule has 1 amide bonds. The van der Waals surface area contributed by atoms with Crippen molar-refractivity contribution in [2.75, 3.05) is 6.54 Å². The number of hydrogen-bond acceptors (Lipinski definition) is 4. The van der Waals surface area contributed by atoms with Gasteiger partial charge in [0, 0.05) is 0 Å². The Hall–Kier alpha value is -1.10. The van der Waals surface area contributed by atoms with E-state index < -0.39 is 12.0 Å². The quantitative estimate of drug-likeness (QED) is 0.670. The van der Waals surface area contributed by atoms with Crippen LogP contribution in [0.25, 0.3) is 0 Å². The van der Waals surface area contributed by atoms with Crippen LogP contribution in [0.2, 0.25) is 0 Å². The van der Waals surface area contributed by atoms with Gasteiger partial charge in [-0.25, -0.2) is 0 Å². The largest absolute Gasteiger partial charge is 0.462 e. The highest BCUT2D eigenvalue weighted by Gasteiger charge is 2.10. The Morgan fingerprint density at radius 1 is 1.27 bits per heavy atom. The van der Waals surface area contributed by atoms with Crippen LogP contribution in [0.15, 0.2) is 0 Å². The fourth-order valence-electron chi connectivity index (χ4n) is 0.625. The number of amides is 1. The number of esters is 1. The summed E-state index contributed by atoms with van der Waals surface area (Å²) in [5.74, 6) is -0.815. The molecule has 0 radical (unpaired) electrons. The lowest BCUT2D eigenvalue weighted by Crippen LogP contribution is -2.41. The van der Waals surface area contributed by atoms with Crippen molar-refractivity contribution in [2.24, 2.45) is 5.73 Å². The number of nitrogens with two attached hydrogens (primary N) is 1. The van der Waals surface area contributed by atoms with Crippen molar-refractivity contribution in [3.8, 4) is 0 Å². The van der Waals surface area contributed by atoms with E-state index in [1.165, 1.54) is 0 Å². The zero-order valence-electron chi connectivity index (χ0n) is 10.2. The van der Waals surface area contributed by atoms with Crippen LogP contribution >= 0.6 is 0 Å². The molecule has 0 heterocycles. The lowest BCUT2D eigenvalue weighted by molar-refractivity contribution is -0.147. The average molecular weight is 218 g/mol. The minimum atomic E-state index is -0.605. The van der Waals surface area contributed by atoms with Gasteiger partial charge >= 0.3 is 5.97 Å². The maximum absolute atomic E-state index is 10.9. The van der Waals surface area contributed by atoms with E-state index in [4.69, 9.17) is 10.5 Å². The Labute approximate surface area is 91.4 Å². The maximum atomic E-state index is 10.9. The van der Waals surface area contributed by atoms with Gasteiger partial charge in [0.25, 0.3) is 0 Å². The maximum Gasteiger partial charge on any atom is 0.325 e. The van der Waals surface area contributed by atoms with Crippen LogP contribution in [-0.2, 0) is 14.3 Å². The van der Waals surface area contributed by atoms with Gasteiger partial charge in [-0.1, -0.05) is 13.8 Å². The summed E-state index contributed by atoms with van der Waals surface area (Å²) in [5, 5.41) is 2.35. The molecule has 0 saturated heterocycles. The van der Waals surface area contributed by atoms with Gasteiger partial charge in [0.1, 0.15) is 6.54 Å². The summed E-state index contributed by atoms with van der Waals surface area (Å²) in [7, 11) is 0. The Morgan fingerprint density at radius 3 is 2.07 bits per heavy atom. The zero-order chi connectivity index (χ0) is 12.4. The minimum absolute atomic E-state index is 0.126. The normalized spacial score (nSPS) is 11.1. The molecule has 0 aliphatic carbocycles. The number of nitrogens with one attached hydrogen (secondary N) is 1. The first-order valence-electron chi connectivity index (χ1n) is 5.16. The first kappa shape index (κ1) is 16.3. The van der Waals surface area contributed by atoms with Gasteiger partial charge in [-0.3, -0.25) is 9.59 Å². The third-order valence-corrected chi connectivity index (χ3v) is 1.19. The van der Waals surface area contributed by atoms with E-state index in [9.17, 15) is 9.59 Å². The zero-order valence-corrected chi connectivity index (χ0v) is 10.2. The fraction of sp³-hybridized carbons (Fsp3) is 0.800. The summed E-state index contributed by atoms with van der Waals surface area (Å²) >= 11 is 0. The number of rotatable bonds is 4. The lowest BCUT2D eigenvalue weighted by Gasteiger charge is -2.09. The number of ether oxygens (including phenoxy) is 1. The monoisotopic (exact) mass is 218 g/mol. The molecule has 90 valence electrons. The van der Waals surface area contributed by atoms with Gasteiger partial charge < -0.3 is 15.8 Å². The summed E-state index contributed by atoms with van der Waals surface area (Å²) in [4.78, 5) is 21.8. The lowest BCUT2D eigenvalue weighted by atomic mass is 10.3. The Morgan fingerprint density at radius 2 is 1.73 bits per heavy atom. The number of hydrogen-bond donors (Lipinski definition) is 2. The van der Waals surface area contributed by atoms with E-state index in [0.29, 0.717) is 0 Å². The van der Waals surface area contributed by atoms with Crippen LogP contribution in [0.1, 0.15) is 34.6 Å². The van der Waals surface area contributed by atoms with Gasteiger partial charge in [0.05, 0.1) is 12.1 Å². The smallest absolute Gasteiger partial charge is 0.325 e. The summed E-state index contributed by atoms with van der Waals surface area (Å²) in [5.41, 5.74) is 5.26. The SMILES string of the molecule is CC.CC(C)OC(=O)CNC(=O)[C@H](C)N. The predicted molar refractivity (Wildman–Crippen MR) is 59.2 cm³/mol. The Balaban J connectivity index is 0. The molecular formula is C10H22N2O3. The second-order valence-corrected chi connectivity index (χ2v) is 3.05. The van der Waals surface area contributed by atoms with Gasteiger partial charge in [-0.05, 0) is 20.8 Å². The van der Waals surface area contributed by atoms with E-state index in [1.54, 1.807) is 20.8 Å². The second-order valence-electron chi connectivity index (χ2n) is 3.05. The molecule has 0 aliphatic rings. The number of carbonyl (C=O) groups is 2. The molecule has 0 unspecified atom stereocenters. The summed E-state index contributed by atoms with van der Waals surface area (Å²) < 4.78 is 4.79. The van der Waals surface area contributed by atoms with Crippen LogP contribution in [0, 0.1) is 0 Å². The van der Waals surface area contributed by atoms with Gasteiger partial charge in [-0.2, -0.15) is 0 Å². The molecule has 0 fully saturated rings. The second kappa shape index (κ2) is 9.45. The molecule has 5 nitrogen and oxygen atoms in total. The first-order chi connectivity index (χ1) is 6.93. The van der Waals surface area contributed by atoms with Crippen molar-refractivity contribution >= 4 is 11.9 Å². The minimum Gasteiger partial charge on any atom is -0.462 e. The van der Waals surface area contributed by atoms with Crippen LogP contribution in [-0.4, -0.2) is 30.6 Å². The van der Waals surface area contributed by atoms with E-state index in [-0.39, 0.29) is 18.6 Å². The molecule has 5 heteroatoms. The predicted octanol–water partition coefficient (Wildman–Crippen LogP) is 0.428. The first-order valence-corrected chi connectivity index (χ1v) is 5.16. The van der Waals surface area contributed by atoms with Crippen LogP contribution in [0.4, 0.5) is 0 Å². The molecule has 3 N–H and O–H groups in total. The molecule has 0 rings (SSSR count). The van der Waals surface area contributed by atoms with Gasteiger partial charge in [-0.15, -0.1) is 0 Å². The highest BCUT2D eigenvalue weighted by molar-refractivity contribution is 5.85. The van der Waals surface area contributed by atoms with Crippen molar-refractivity contribution in [3.63, 3.8) is 0 Å². The highest BCUT2D eigenvalue weighted by Crippen LogP contribution is 1.87. The summed E-state index contributed by atoms with van der Waals surface area (Å²) in [6.45, 7) is 8.90. The molecule has 0 aromatic carbocycles. The molecular weight excluding hydrogens is 196 g/mol. The van der Waals surface area contributed by atoms with Crippen molar-refractivity contribution in [2.45, 2.75) is 46.8 Å². The van der Waals surface area contributed by atoms with Crippen molar-refractivity contribution in [1.82, 2.24) is 5.32 Å². The molecule has 0 saturated carbocycles. The van der Waals surface area contributed by atoms with E-state index in [0.717, 1.165) is 0 Å². The fourth-order valence-corrected chi connectivity index (χ4v) is 0.625. The van der Waals surface area contributed by atoms with Crippen molar-refractivity contribution in [1.29, 1.82) is 0 Å². The third-order valence-electron chi connectivity index (χ3n) is 1.19. The average Bonchev–Trinajstić information content (AvgIpc) is 2.16. The molecule has 0 aliphatic heterocycles. The third kappa shape index (κ3) is 10.8. The molecule has 0 spiro atoms. The molecule has 15 heavy (non-hydrogen) atoms. The van der Waals surface area contributed by atoms with Crippen molar-refractivity contribution in [3.05, 3.63) is 0 Å².